The number of hydrogen-bond acceptors (Lipinski definition) is 2. The molecule has 0 saturated carbocycles. The maximum absolute atomic E-state index is 11.9. The van der Waals surface area contributed by atoms with Crippen molar-refractivity contribution in [3.05, 3.63) is 42.2 Å². The number of pyridine rings is 1. The van der Waals surface area contributed by atoms with Crippen LogP contribution in [0.3, 0.4) is 0 Å². The second kappa shape index (κ2) is 20.4. The van der Waals surface area contributed by atoms with E-state index >= 15 is 0 Å². The van der Waals surface area contributed by atoms with Crippen LogP contribution in [-0.4, -0.2) is 12.6 Å². The normalized spacial score (nSPS) is 10.8. The van der Waals surface area contributed by atoms with Crippen LogP contribution in [0.2, 0.25) is 0 Å². The first-order chi connectivity index (χ1) is 13.7. The third-order valence-corrected chi connectivity index (χ3v) is 5.06. The summed E-state index contributed by atoms with van der Waals surface area (Å²) in [5.74, 6) is -0.219. The fourth-order valence-electron chi connectivity index (χ4n) is 3.31. The third kappa shape index (κ3) is 16.6. The van der Waals surface area contributed by atoms with Gasteiger partial charge in [-0.05, 0) is 38.2 Å². The molecule has 1 rings (SSSR count). The largest absolute Gasteiger partial charge is 1.00 e. The zero-order valence-electron chi connectivity index (χ0n) is 18.7. The van der Waals surface area contributed by atoms with E-state index in [1.54, 1.807) is 12.3 Å². The smallest absolute Gasteiger partial charge is 0.344 e. The van der Waals surface area contributed by atoms with Gasteiger partial charge in [0.25, 0.3) is 0 Å². The minimum Gasteiger partial charge on any atom is -1.00 e. The highest BCUT2D eigenvalue weighted by molar-refractivity contribution is 5.88. The molecule has 0 bridgehead atoms. The highest BCUT2D eigenvalue weighted by atomic mass is 127. The van der Waals surface area contributed by atoms with Crippen LogP contribution in [0, 0.1) is 0 Å². The van der Waals surface area contributed by atoms with Crippen molar-refractivity contribution in [2.75, 3.05) is 6.61 Å². The average molecular weight is 516 g/mol. The molecule has 29 heavy (non-hydrogen) atoms. The standard InChI is InChI=1S/C25H42NO2.HI/c1-3-4-5-6-7-8-9-10-11-12-13-14-15-16-17-18-22-28-25(27)24-20-19-21-26(2)23-24;/h10-11,19-21,23H,3-9,12-18,22H2,1-2H3;1H/q+1;/p-1/b11-10-;. The lowest BCUT2D eigenvalue weighted by atomic mass is 10.1. The Kier molecular flexibility index (Phi) is 19.7. The summed E-state index contributed by atoms with van der Waals surface area (Å²) < 4.78 is 7.20. The van der Waals surface area contributed by atoms with Crippen molar-refractivity contribution in [3.8, 4) is 0 Å². The molecule has 1 aromatic rings. The van der Waals surface area contributed by atoms with Gasteiger partial charge in [-0.2, -0.15) is 0 Å². The second-order valence-electron chi connectivity index (χ2n) is 7.83. The SMILES string of the molecule is CCCCCCCC/C=C\CCCCCCCCOC(=O)c1ccc[n+](C)c1.[I-]. The number of nitrogens with zero attached hydrogens (tertiary/aromatic N) is 1. The van der Waals surface area contributed by atoms with E-state index in [0.717, 1.165) is 12.8 Å². The molecule has 1 aromatic heterocycles. The molecule has 0 aliphatic carbocycles. The van der Waals surface area contributed by atoms with Gasteiger partial charge in [0.1, 0.15) is 12.6 Å². The van der Waals surface area contributed by atoms with Crippen molar-refractivity contribution in [1.82, 2.24) is 0 Å². The summed E-state index contributed by atoms with van der Waals surface area (Å²) in [6.07, 6.45) is 26.5. The minimum atomic E-state index is -0.219. The first kappa shape index (κ1) is 28.1. The summed E-state index contributed by atoms with van der Waals surface area (Å²) in [5.41, 5.74) is 0.620. The lowest BCUT2D eigenvalue weighted by Crippen LogP contribution is -3.00. The van der Waals surface area contributed by atoms with Crippen molar-refractivity contribution < 1.29 is 38.1 Å². The summed E-state index contributed by atoms with van der Waals surface area (Å²) in [4.78, 5) is 11.9. The van der Waals surface area contributed by atoms with Gasteiger partial charge in [-0.3, -0.25) is 0 Å². The Morgan fingerprint density at radius 3 is 2.03 bits per heavy atom. The molecule has 0 aromatic carbocycles. The third-order valence-electron chi connectivity index (χ3n) is 5.06. The van der Waals surface area contributed by atoms with Crippen LogP contribution in [0.25, 0.3) is 0 Å². The molecule has 0 saturated heterocycles. The van der Waals surface area contributed by atoms with Gasteiger partial charge in [-0.25, -0.2) is 9.36 Å². The molecule has 0 fully saturated rings. The van der Waals surface area contributed by atoms with Crippen molar-refractivity contribution >= 4 is 5.97 Å². The number of unbranched alkanes of at least 4 members (excludes halogenated alkanes) is 12. The lowest BCUT2D eigenvalue weighted by Gasteiger charge is -2.04. The molecule has 3 nitrogen and oxygen atoms in total. The Hall–Kier alpha value is -0.910. The number of hydrogen-bond donors (Lipinski definition) is 0. The van der Waals surface area contributed by atoms with Crippen LogP contribution in [0.5, 0.6) is 0 Å². The van der Waals surface area contributed by atoms with E-state index in [1.165, 1.54) is 77.0 Å². The molecule has 0 aliphatic rings. The number of aryl methyl sites for hydroxylation is 1. The molecular formula is C25H42INO2. The summed E-state index contributed by atoms with van der Waals surface area (Å²) in [6, 6.07) is 3.66. The van der Waals surface area contributed by atoms with Crippen molar-refractivity contribution in [2.45, 2.75) is 96.8 Å². The number of ether oxygens (including phenoxy) is 1. The van der Waals surface area contributed by atoms with E-state index in [2.05, 4.69) is 19.1 Å². The monoisotopic (exact) mass is 515 g/mol. The first-order valence-corrected chi connectivity index (χ1v) is 11.5. The molecular weight excluding hydrogens is 473 g/mol. The molecule has 0 atom stereocenters. The van der Waals surface area contributed by atoms with Crippen molar-refractivity contribution in [1.29, 1.82) is 0 Å². The van der Waals surface area contributed by atoms with E-state index in [1.807, 2.05) is 23.9 Å². The fraction of sp³-hybridized carbons (Fsp3) is 0.680. The summed E-state index contributed by atoms with van der Waals surface area (Å²) >= 11 is 0. The van der Waals surface area contributed by atoms with E-state index in [0.29, 0.717) is 12.2 Å². The number of carbonyl (C=O) groups is 1. The number of allylic oxidation sites excluding steroid dienone is 2. The zero-order chi connectivity index (χ0) is 20.3. The predicted octanol–water partition coefficient (Wildman–Crippen LogP) is 3.71. The maximum atomic E-state index is 11.9. The van der Waals surface area contributed by atoms with Crippen LogP contribution in [0.1, 0.15) is 107 Å². The van der Waals surface area contributed by atoms with E-state index in [4.69, 9.17) is 4.74 Å². The van der Waals surface area contributed by atoms with Crippen LogP contribution in [0.4, 0.5) is 0 Å². The Balaban J connectivity index is 0.00000784. The number of halogens is 1. The predicted molar refractivity (Wildman–Crippen MR) is 117 cm³/mol. The van der Waals surface area contributed by atoms with Gasteiger partial charge in [-0.1, -0.05) is 76.9 Å². The topological polar surface area (TPSA) is 30.2 Å². The van der Waals surface area contributed by atoms with Gasteiger partial charge in [0.2, 0.25) is 0 Å². The molecule has 166 valence electrons. The quantitative estimate of drug-likeness (QED) is 0.104. The molecule has 0 unspecified atom stereocenters. The Bertz CT molecular complexity index is 545. The molecule has 1 heterocycles. The lowest BCUT2D eigenvalue weighted by molar-refractivity contribution is -0.671. The summed E-state index contributed by atoms with van der Waals surface area (Å²) in [5, 5.41) is 0. The highest BCUT2D eigenvalue weighted by Gasteiger charge is 2.09. The fourth-order valence-corrected chi connectivity index (χ4v) is 3.31. The molecule has 0 N–H and O–H groups in total. The Morgan fingerprint density at radius 1 is 0.897 bits per heavy atom. The van der Waals surface area contributed by atoms with Gasteiger partial charge in [0.15, 0.2) is 12.4 Å². The Morgan fingerprint density at radius 2 is 1.45 bits per heavy atom. The van der Waals surface area contributed by atoms with Crippen LogP contribution in [0.15, 0.2) is 36.7 Å². The van der Waals surface area contributed by atoms with Gasteiger partial charge in [0, 0.05) is 6.07 Å². The maximum Gasteiger partial charge on any atom is 0.344 e. The zero-order valence-corrected chi connectivity index (χ0v) is 20.9. The molecule has 0 radical (unpaired) electrons. The average Bonchev–Trinajstić information content (AvgIpc) is 2.70. The van der Waals surface area contributed by atoms with E-state index < -0.39 is 0 Å². The van der Waals surface area contributed by atoms with E-state index in [-0.39, 0.29) is 29.9 Å². The molecule has 0 aliphatic heterocycles. The van der Waals surface area contributed by atoms with Crippen LogP contribution < -0.4 is 28.5 Å². The van der Waals surface area contributed by atoms with Gasteiger partial charge < -0.3 is 28.7 Å². The number of carbonyl (C=O) groups excluding carboxylic acids is 1. The minimum absolute atomic E-state index is 0. The van der Waals surface area contributed by atoms with Crippen molar-refractivity contribution in [3.63, 3.8) is 0 Å². The second-order valence-corrected chi connectivity index (χ2v) is 7.83. The van der Waals surface area contributed by atoms with Crippen LogP contribution in [-0.2, 0) is 11.8 Å². The highest BCUT2D eigenvalue weighted by Crippen LogP contribution is 2.10. The molecule has 0 spiro atoms. The number of rotatable bonds is 17. The molecule has 0 amide bonds. The first-order valence-electron chi connectivity index (χ1n) is 11.5. The summed E-state index contributed by atoms with van der Waals surface area (Å²) in [6.45, 7) is 2.80. The number of aromatic nitrogens is 1. The van der Waals surface area contributed by atoms with E-state index in [9.17, 15) is 4.79 Å². The van der Waals surface area contributed by atoms with Crippen molar-refractivity contribution in [2.24, 2.45) is 7.05 Å². The van der Waals surface area contributed by atoms with Gasteiger partial charge >= 0.3 is 5.97 Å². The Labute approximate surface area is 196 Å². The van der Waals surface area contributed by atoms with Gasteiger partial charge in [0.05, 0.1) is 6.61 Å². The molecule has 4 heteroatoms. The van der Waals surface area contributed by atoms with Gasteiger partial charge in [-0.15, -0.1) is 0 Å². The summed E-state index contributed by atoms with van der Waals surface area (Å²) in [7, 11) is 1.90. The van der Waals surface area contributed by atoms with Crippen LogP contribution >= 0.6 is 0 Å². The number of esters is 1.